The van der Waals surface area contributed by atoms with Crippen LogP contribution in [0.1, 0.15) is 22.7 Å². The van der Waals surface area contributed by atoms with Crippen LogP contribution in [-0.4, -0.2) is 68.2 Å². The lowest BCUT2D eigenvalue weighted by Gasteiger charge is -2.38. The second-order valence-electron chi connectivity index (χ2n) is 8.76. The van der Waals surface area contributed by atoms with Crippen molar-refractivity contribution in [3.63, 3.8) is 0 Å². The summed E-state index contributed by atoms with van der Waals surface area (Å²) in [5, 5.41) is 19.7. The molecule has 1 fully saturated rings. The summed E-state index contributed by atoms with van der Waals surface area (Å²) in [6.07, 6.45) is 0.740. The number of hydrogen-bond donors (Lipinski definition) is 3. The predicted octanol–water partition coefficient (Wildman–Crippen LogP) is 2.96. The first kappa shape index (κ1) is 24.2. The highest BCUT2D eigenvalue weighted by atomic mass is 32.2. The third-order valence-corrected chi connectivity index (χ3v) is 7.75. The normalized spacial score (nSPS) is 16.4. The zero-order valence-electron chi connectivity index (χ0n) is 19.3. The molecule has 0 radical (unpaired) electrons. The lowest BCUT2D eigenvalue weighted by molar-refractivity contribution is 0.112. The average molecular weight is 482 g/mol. The molecule has 3 aromatic carbocycles. The molecular formula is C26H31N3O4S. The number of nitrogens with one attached hydrogen (secondary N) is 1. The molecule has 8 heteroatoms. The molecule has 0 amide bonds. The summed E-state index contributed by atoms with van der Waals surface area (Å²) in [7, 11) is -1.66. The Morgan fingerprint density at radius 2 is 1.50 bits per heavy atom. The minimum absolute atomic E-state index is 0.155. The molecule has 1 saturated heterocycles. The van der Waals surface area contributed by atoms with Crippen molar-refractivity contribution in [3.05, 3.63) is 89.5 Å². The third kappa shape index (κ3) is 5.95. The Balaban J connectivity index is 1.48. The van der Waals surface area contributed by atoms with Gasteiger partial charge in [0.05, 0.1) is 4.90 Å². The lowest BCUT2D eigenvalue weighted by atomic mass is 10.0. The fourth-order valence-electron chi connectivity index (χ4n) is 4.23. The molecule has 1 unspecified atom stereocenters. The zero-order chi connectivity index (χ0) is 24.1. The number of hydrogen-bond acceptors (Lipinski definition) is 6. The summed E-state index contributed by atoms with van der Waals surface area (Å²) in [5.41, 5.74) is 2.96. The first-order chi connectivity index (χ1) is 16.3. The van der Waals surface area contributed by atoms with Gasteiger partial charge in [0.1, 0.15) is 0 Å². The number of benzene rings is 3. The molecule has 7 nitrogen and oxygen atoms in total. The van der Waals surface area contributed by atoms with Gasteiger partial charge in [-0.1, -0.05) is 48.5 Å². The van der Waals surface area contributed by atoms with Crippen molar-refractivity contribution in [3.8, 4) is 11.5 Å². The van der Waals surface area contributed by atoms with Crippen LogP contribution in [0.15, 0.2) is 77.7 Å². The summed E-state index contributed by atoms with van der Waals surface area (Å²) in [6.45, 7) is 3.45. The topological polar surface area (TPSA) is 93.1 Å². The van der Waals surface area contributed by atoms with Gasteiger partial charge in [0.25, 0.3) is 0 Å². The molecule has 4 rings (SSSR count). The van der Waals surface area contributed by atoms with E-state index in [-0.39, 0.29) is 29.0 Å². The smallest absolute Gasteiger partial charge is 0.240 e. The van der Waals surface area contributed by atoms with Crippen LogP contribution in [0.4, 0.5) is 0 Å². The molecule has 0 aromatic heterocycles. The SMILES string of the molecule is CN1CCN(C(CNS(=O)(=O)c2ccc(Cc3ccccc3)cc2)c2ccc(O)c(O)c2)CC1. The van der Waals surface area contributed by atoms with E-state index in [9.17, 15) is 18.6 Å². The van der Waals surface area contributed by atoms with E-state index >= 15 is 0 Å². The minimum atomic E-state index is -3.72. The molecule has 3 aromatic rings. The van der Waals surface area contributed by atoms with Gasteiger partial charge in [-0.2, -0.15) is 0 Å². The number of sulfonamides is 1. The summed E-state index contributed by atoms with van der Waals surface area (Å²) in [5.74, 6) is -0.412. The second kappa shape index (κ2) is 10.6. The largest absolute Gasteiger partial charge is 0.504 e. The minimum Gasteiger partial charge on any atom is -0.504 e. The van der Waals surface area contributed by atoms with Crippen molar-refractivity contribution in [2.24, 2.45) is 0 Å². The van der Waals surface area contributed by atoms with E-state index in [1.165, 1.54) is 17.7 Å². The first-order valence-electron chi connectivity index (χ1n) is 11.4. The number of phenolic OH excluding ortho intramolecular Hbond substituents is 2. The van der Waals surface area contributed by atoms with Crippen LogP contribution >= 0.6 is 0 Å². The molecule has 0 bridgehead atoms. The highest BCUT2D eigenvalue weighted by molar-refractivity contribution is 7.89. The Morgan fingerprint density at radius 3 is 2.15 bits per heavy atom. The third-order valence-electron chi connectivity index (χ3n) is 6.31. The number of aromatic hydroxyl groups is 2. The van der Waals surface area contributed by atoms with E-state index in [1.54, 1.807) is 18.2 Å². The fraction of sp³-hybridized carbons (Fsp3) is 0.308. The van der Waals surface area contributed by atoms with Gasteiger partial charge in [-0.3, -0.25) is 4.90 Å². The van der Waals surface area contributed by atoms with Crippen LogP contribution in [0, 0.1) is 0 Å². The maximum absolute atomic E-state index is 13.1. The molecular weight excluding hydrogens is 450 g/mol. The Kier molecular flexibility index (Phi) is 7.53. The van der Waals surface area contributed by atoms with Gasteiger partial charge >= 0.3 is 0 Å². The standard InChI is InChI=1S/C26H31N3O4S/c1-28-13-15-29(16-14-28)24(22-9-12-25(30)26(31)18-22)19-27-34(32,33)23-10-7-21(8-11-23)17-20-5-3-2-4-6-20/h2-12,18,24,27,30-31H,13-17,19H2,1H3. The molecule has 1 atom stereocenters. The quantitative estimate of drug-likeness (QED) is 0.429. The molecule has 0 saturated carbocycles. The predicted molar refractivity (Wildman–Crippen MR) is 132 cm³/mol. The van der Waals surface area contributed by atoms with Crippen molar-refractivity contribution in [1.82, 2.24) is 14.5 Å². The van der Waals surface area contributed by atoms with E-state index in [4.69, 9.17) is 0 Å². The van der Waals surface area contributed by atoms with Crippen molar-refractivity contribution in [2.75, 3.05) is 39.8 Å². The van der Waals surface area contributed by atoms with Gasteiger partial charge in [0, 0.05) is 38.8 Å². The molecule has 0 aliphatic carbocycles. The zero-order valence-corrected chi connectivity index (χ0v) is 20.1. The van der Waals surface area contributed by atoms with Crippen molar-refractivity contribution in [2.45, 2.75) is 17.4 Å². The van der Waals surface area contributed by atoms with E-state index in [1.807, 2.05) is 42.5 Å². The molecule has 0 spiro atoms. The molecule has 1 aliphatic rings. The molecule has 1 heterocycles. The van der Waals surface area contributed by atoms with E-state index in [0.717, 1.165) is 43.7 Å². The fourth-order valence-corrected chi connectivity index (χ4v) is 5.27. The van der Waals surface area contributed by atoms with Crippen molar-refractivity contribution < 1.29 is 18.6 Å². The Bertz CT molecular complexity index is 1190. The Labute approximate surface area is 201 Å². The highest BCUT2D eigenvalue weighted by Crippen LogP contribution is 2.31. The van der Waals surface area contributed by atoms with Gasteiger partial charge in [-0.25, -0.2) is 13.1 Å². The van der Waals surface area contributed by atoms with Crippen LogP contribution in [0.5, 0.6) is 11.5 Å². The Hall–Kier alpha value is -2.91. The number of piperazine rings is 1. The number of phenols is 2. The van der Waals surface area contributed by atoms with E-state index < -0.39 is 10.0 Å². The molecule has 34 heavy (non-hydrogen) atoms. The van der Waals surface area contributed by atoms with E-state index in [2.05, 4.69) is 21.6 Å². The van der Waals surface area contributed by atoms with Gasteiger partial charge in [-0.05, 0) is 54.4 Å². The van der Waals surface area contributed by atoms with Crippen molar-refractivity contribution >= 4 is 10.0 Å². The number of rotatable bonds is 8. The number of nitrogens with zero attached hydrogens (tertiary/aromatic N) is 2. The highest BCUT2D eigenvalue weighted by Gasteiger charge is 2.26. The number of likely N-dealkylation sites (N-methyl/N-ethyl adjacent to an activating group) is 1. The second-order valence-corrected chi connectivity index (χ2v) is 10.5. The summed E-state index contributed by atoms with van der Waals surface area (Å²) in [6, 6.07) is 21.4. The van der Waals surface area contributed by atoms with Gasteiger partial charge < -0.3 is 15.1 Å². The van der Waals surface area contributed by atoms with Crippen LogP contribution in [0.2, 0.25) is 0 Å². The summed E-state index contributed by atoms with van der Waals surface area (Å²) >= 11 is 0. The van der Waals surface area contributed by atoms with Crippen LogP contribution in [0.25, 0.3) is 0 Å². The Morgan fingerprint density at radius 1 is 0.853 bits per heavy atom. The van der Waals surface area contributed by atoms with E-state index in [0.29, 0.717) is 0 Å². The monoisotopic (exact) mass is 481 g/mol. The van der Waals surface area contributed by atoms with Gasteiger partial charge in [-0.15, -0.1) is 0 Å². The first-order valence-corrected chi connectivity index (χ1v) is 12.9. The lowest BCUT2D eigenvalue weighted by Crippen LogP contribution is -2.48. The molecule has 1 aliphatic heterocycles. The summed E-state index contributed by atoms with van der Waals surface area (Å²) < 4.78 is 28.9. The van der Waals surface area contributed by atoms with Crippen molar-refractivity contribution in [1.29, 1.82) is 0 Å². The maximum atomic E-state index is 13.1. The van der Waals surface area contributed by atoms with Gasteiger partial charge in [0.15, 0.2) is 11.5 Å². The van der Waals surface area contributed by atoms with Crippen LogP contribution in [-0.2, 0) is 16.4 Å². The summed E-state index contributed by atoms with van der Waals surface area (Å²) in [4.78, 5) is 4.65. The molecule has 3 N–H and O–H groups in total. The molecule has 180 valence electrons. The van der Waals surface area contributed by atoms with Crippen LogP contribution < -0.4 is 4.72 Å². The van der Waals surface area contributed by atoms with Crippen LogP contribution in [0.3, 0.4) is 0 Å². The van der Waals surface area contributed by atoms with Gasteiger partial charge in [0.2, 0.25) is 10.0 Å². The maximum Gasteiger partial charge on any atom is 0.240 e. The average Bonchev–Trinajstić information content (AvgIpc) is 2.83.